The first-order chi connectivity index (χ1) is 15.2. The molecule has 0 radical (unpaired) electrons. The number of hydrogen-bond donors (Lipinski definition) is 2. The van der Waals surface area contributed by atoms with Crippen LogP contribution >= 0.6 is 0 Å². The summed E-state index contributed by atoms with van der Waals surface area (Å²) in [5.74, 6) is 1.05. The quantitative estimate of drug-likeness (QED) is 0.450. The van der Waals surface area contributed by atoms with E-state index in [2.05, 4.69) is 31.4 Å². The molecule has 32 heavy (non-hydrogen) atoms. The highest BCUT2D eigenvalue weighted by Crippen LogP contribution is 2.45. The van der Waals surface area contributed by atoms with Crippen LogP contribution in [0.1, 0.15) is 52.9 Å². The van der Waals surface area contributed by atoms with Gasteiger partial charge in [-0.1, -0.05) is 39.3 Å². The summed E-state index contributed by atoms with van der Waals surface area (Å²) < 4.78 is 10.8. The molecule has 1 aromatic carbocycles. The Hall–Kier alpha value is -2.77. The van der Waals surface area contributed by atoms with E-state index >= 15 is 0 Å². The number of carbonyl (C=O) groups excluding carboxylic acids is 3. The summed E-state index contributed by atoms with van der Waals surface area (Å²) in [6, 6.07) is 6.77. The van der Waals surface area contributed by atoms with Gasteiger partial charge in [0.05, 0.1) is 13.7 Å². The molecule has 0 aromatic heterocycles. The van der Waals surface area contributed by atoms with Crippen LogP contribution in [0.5, 0.6) is 11.5 Å². The zero-order valence-corrected chi connectivity index (χ0v) is 19.5. The van der Waals surface area contributed by atoms with Crippen molar-refractivity contribution in [1.29, 1.82) is 0 Å². The molecule has 8 nitrogen and oxygen atoms in total. The molecule has 2 N–H and O–H groups in total. The van der Waals surface area contributed by atoms with Gasteiger partial charge in [0.15, 0.2) is 11.5 Å². The van der Waals surface area contributed by atoms with Crippen molar-refractivity contribution in [3.8, 4) is 11.5 Å². The van der Waals surface area contributed by atoms with Crippen molar-refractivity contribution in [3.63, 3.8) is 0 Å². The molecule has 0 bridgehead atoms. The number of benzene rings is 1. The Morgan fingerprint density at radius 2 is 1.88 bits per heavy atom. The van der Waals surface area contributed by atoms with E-state index in [-0.39, 0.29) is 31.0 Å². The van der Waals surface area contributed by atoms with Gasteiger partial charge in [0, 0.05) is 0 Å². The number of imide groups is 1. The highest BCUT2D eigenvalue weighted by Gasteiger charge is 2.53. The van der Waals surface area contributed by atoms with Crippen LogP contribution < -0.4 is 20.1 Å². The molecule has 1 aromatic rings. The Morgan fingerprint density at radius 1 is 1.22 bits per heavy atom. The van der Waals surface area contributed by atoms with Gasteiger partial charge >= 0.3 is 6.03 Å². The zero-order valence-electron chi connectivity index (χ0n) is 19.5. The summed E-state index contributed by atoms with van der Waals surface area (Å²) in [6.07, 6.45) is 4.12. The van der Waals surface area contributed by atoms with Crippen molar-refractivity contribution < 1.29 is 23.9 Å². The van der Waals surface area contributed by atoms with Crippen LogP contribution in [0.25, 0.3) is 0 Å². The number of urea groups is 1. The molecule has 1 heterocycles. The number of hydrogen-bond acceptors (Lipinski definition) is 5. The fourth-order valence-corrected chi connectivity index (χ4v) is 4.63. The van der Waals surface area contributed by atoms with Crippen molar-refractivity contribution in [1.82, 2.24) is 15.5 Å². The van der Waals surface area contributed by atoms with Crippen LogP contribution in [0.4, 0.5) is 4.79 Å². The van der Waals surface area contributed by atoms with E-state index < -0.39 is 17.5 Å². The molecule has 2 fully saturated rings. The van der Waals surface area contributed by atoms with Gasteiger partial charge in [0.2, 0.25) is 5.91 Å². The lowest BCUT2D eigenvalue weighted by atomic mass is 9.65. The van der Waals surface area contributed by atoms with E-state index in [1.165, 1.54) is 0 Å². The normalized spacial score (nSPS) is 23.2. The summed E-state index contributed by atoms with van der Waals surface area (Å²) in [5, 5.41) is 5.59. The number of methoxy groups -OCH3 is 1. The average Bonchev–Trinajstić information content (AvgIpc) is 3.01. The molecule has 8 heteroatoms. The van der Waals surface area contributed by atoms with Gasteiger partial charge < -0.3 is 20.1 Å². The van der Waals surface area contributed by atoms with Crippen LogP contribution in [0.15, 0.2) is 24.3 Å². The topological polar surface area (TPSA) is 97.0 Å². The highest BCUT2D eigenvalue weighted by molar-refractivity contribution is 6.09. The molecule has 1 spiro atoms. The molecule has 1 aliphatic carbocycles. The summed E-state index contributed by atoms with van der Waals surface area (Å²) >= 11 is 0. The monoisotopic (exact) mass is 445 g/mol. The van der Waals surface area contributed by atoms with Gasteiger partial charge in [-0.2, -0.15) is 0 Å². The number of carbonyl (C=O) groups is 3. The van der Waals surface area contributed by atoms with Gasteiger partial charge in [-0.25, -0.2) is 4.79 Å². The Morgan fingerprint density at radius 3 is 2.50 bits per heavy atom. The molecule has 1 saturated carbocycles. The summed E-state index contributed by atoms with van der Waals surface area (Å²) in [4.78, 5) is 38.9. The van der Waals surface area contributed by atoms with Gasteiger partial charge in [-0.15, -0.1) is 0 Å². The molecule has 0 atom stereocenters. The first-order valence-electron chi connectivity index (χ1n) is 11.4. The third-order valence-corrected chi connectivity index (χ3v) is 7.15. The van der Waals surface area contributed by atoms with Crippen molar-refractivity contribution in [2.75, 3.05) is 26.8 Å². The molecule has 2 aliphatic rings. The number of para-hydroxylation sites is 2. The smallest absolute Gasteiger partial charge is 0.325 e. The van der Waals surface area contributed by atoms with Crippen molar-refractivity contribution in [2.45, 2.75) is 58.4 Å². The van der Waals surface area contributed by atoms with Crippen LogP contribution in [0, 0.1) is 11.3 Å². The van der Waals surface area contributed by atoms with Gasteiger partial charge in [-0.3, -0.25) is 14.5 Å². The van der Waals surface area contributed by atoms with E-state index in [1.54, 1.807) is 19.2 Å². The predicted octanol–water partition coefficient (Wildman–Crippen LogP) is 3.11. The van der Waals surface area contributed by atoms with Gasteiger partial charge in [0.25, 0.3) is 5.91 Å². The second-order valence-corrected chi connectivity index (χ2v) is 9.37. The van der Waals surface area contributed by atoms with Crippen LogP contribution in [0.2, 0.25) is 0 Å². The minimum atomic E-state index is -0.856. The van der Waals surface area contributed by atoms with E-state index in [9.17, 15) is 14.4 Å². The number of ether oxygens (including phenoxy) is 2. The maximum absolute atomic E-state index is 13.1. The van der Waals surface area contributed by atoms with E-state index in [4.69, 9.17) is 9.47 Å². The first kappa shape index (κ1) is 23.9. The molecule has 1 aliphatic heterocycles. The lowest BCUT2D eigenvalue weighted by Gasteiger charge is -2.42. The summed E-state index contributed by atoms with van der Waals surface area (Å²) in [6.45, 7) is 6.92. The lowest BCUT2D eigenvalue weighted by molar-refractivity contribution is -0.136. The lowest BCUT2D eigenvalue weighted by Crippen LogP contribution is -2.51. The van der Waals surface area contributed by atoms with Gasteiger partial charge in [-0.05, 0) is 49.1 Å². The molecule has 3 rings (SSSR count). The van der Waals surface area contributed by atoms with Crippen molar-refractivity contribution >= 4 is 17.8 Å². The van der Waals surface area contributed by atoms with Crippen molar-refractivity contribution in [3.05, 3.63) is 24.3 Å². The number of amides is 4. The second-order valence-electron chi connectivity index (χ2n) is 9.37. The van der Waals surface area contributed by atoms with Gasteiger partial charge in [0.1, 0.15) is 18.7 Å². The fraction of sp³-hybridized carbons (Fsp3) is 0.625. The second kappa shape index (κ2) is 9.79. The highest BCUT2D eigenvalue weighted by atomic mass is 16.5. The Labute approximate surface area is 190 Å². The fourth-order valence-electron chi connectivity index (χ4n) is 4.63. The van der Waals surface area contributed by atoms with Crippen molar-refractivity contribution in [2.24, 2.45) is 11.3 Å². The van der Waals surface area contributed by atoms with E-state index in [1.807, 2.05) is 12.1 Å². The number of nitrogens with zero attached hydrogens (tertiary/aromatic N) is 1. The number of rotatable bonds is 9. The molecule has 4 amide bonds. The van der Waals surface area contributed by atoms with E-state index in [0.29, 0.717) is 30.3 Å². The Kier molecular flexibility index (Phi) is 7.31. The molecular weight excluding hydrogens is 410 g/mol. The molecule has 176 valence electrons. The van der Waals surface area contributed by atoms with E-state index in [0.717, 1.165) is 24.2 Å². The summed E-state index contributed by atoms with van der Waals surface area (Å²) in [5.41, 5.74) is -0.636. The number of nitrogens with one attached hydrogen (secondary N) is 2. The maximum Gasteiger partial charge on any atom is 0.325 e. The molecular formula is C24H35N3O5. The third-order valence-electron chi connectivity index (χ3n) is 7.15. The maximum atomic E-state index is 13.1. The van der Waals surface area contributed by atoms with Crippen LogP contribution in [-0.4, -0.2) is 55.1 Å². The first-order valence-corrected chi connectivity index (χ1v) is 11.4. The minimum absolute atomic E-state index is 0.221. The zero-order chi connectivity index (χ0) is 23.4. The SMILES string of the molecule is CCC(C)(C)C1CCC2(CC1)NC(=O)N(CC(=O)NCCOc1ccccc1OC)C2=O. The Bertz CT molecular complexity index is 846. The largest absolute Gasteiger partial charge is 0.493 e. The van der Waals surface area contributed by atoms with Crippen LogP contribution in [-0.2, 0) is 9.59 Å². The minimum Gasteiger partial charge on any atom is -0.493 e. The third kappa shape index (κ3) is 5.00. The average molecular weight is 446 g/mol. The Balaban J connectivity index is 1.47. The summed E-state index contributed by atoms with van der Waals surface area (Å²) in [7, 11) is 1.56. The predicted molar refractivity (Wildman–Crippen MR) is 121 cm³/mol. The standard InChI is InChI=1S/C24H35N3O5/c1-5-23(2,3)17-10-12-24(13-11-17)21(29)27(22(30)26-24)16-20(28)25-14-15-32-19-9-7-6-8-18(19)31-4/h6-9,17H,5,10-16H2,1-4H3,(H,25,28)(H,26,30). The molecule has 1 saturated heterocycles. The van der Waals surface area contributed by atoms with Crippen LogP contribution in [0.3, 0.4) is 0 Å². The molecule has 0 unspecified atom stereocenters.